The molecule has 0 unspecified atom stereocenters. The number of ketones is 1. The standard InChI is InChI=1S/C15H14N2O.C2H6/c1-3-16(4-2)13-5-7-14(8-6-13)17-11-9-15(18)10-12-17;1-2/h1-2,5-8H,9-12H2;1-2H3. The van der Waals surface area contributed by atoms with Crippen LogP contribution >= 0.6 is 0 Å². The molecule has 3 heteroatoms. The Bertz CT molecular complexity index is 495. The summed E-state index contributed by atoms with van der Waals surface area (Å²) in [7, 11) is 0. The molecule has 0 spiro atoms. The largest absolute Gasteiger partial charge is 0.371 e. The second-order valence-corrected chi connectivity index (χ2v) is 4.14. The highest BCUT2D eigenvalue weighted by molar-refractivity contribution is 5.81. The van der Waals surface area contributed by atoms with Crippen LogP contribution in [0.2, 0.25) is 0 Å². The van der Waals surface area contributed by atoms with Crippen molar-refractivity contribution >= 4 is 17.2 Å². The summed E-state index contributed by atoms with van der Waals surface area (Å²) in [4.78, 5) is 14.8. The maximum atomic E-state index is 11.2. The molecule has 0 atom stereocenters. The van der Waals surface area contributed by atoms with Gasteiger partial charge in [-0.25, -0.2) is 4.90 Å². The van der Waals surface area contributed by atoms with Crippen LogP contribution in [0.3, 0.4) is 0 Å². The van der Waals surface area contributed by atoms with Crippen LogP contribution in [-0.4, -0.2) is 18.9 Å². The summed E-state index contributed by atoms with van der Waals surface area (Å²) in [6.07, 6.45) is 11.8. The van der Waals surface area contributed by atoms with Gasteiger partial charge in [0.15, 0.2) is 0 Å². The van der Waals surface area contributed by atoms with Crippen molar-refractivity contribution in [1.29, 1.82) is 0 Å². The van der Waals surface area contributed by atoms with E-state index in [9.17, 15) is 4.79 Å². The first-order valence-corrected chi connectivity index (χ1v) is 6.84. The normalized spacial score (nSPS) is 13.6. The molecule has 1 saturated heterocycles. The van der Waals surface area contributed by atoms with E-state index < -0.39 is 0 Å². The average Bonchev–Trinajstić information content (AvgIpc) is 2.52. The number of anilines is 2. The van der Waals surface area contributed by atoms with Gasteiger partial charge in [0.2, 0.25) is 0 Å². The fourth-order valence-corrected chi connectivity index (χ4v) is 2.01. The smallest absolute Gasteiger partial charge is 0.136 e. The maximum Gasteiger partial charge on any atom is 0.136 e. The van der Waals surface area contributed by atoms with Crippen molar-refractivity contribution in [2.24, 2.45) is 0 Å². The minimum Gasteiger partial charge on any atom is -0.371 e. The number of Topliss-reactive ketones (excluding diaryl/α,β-unsaturated/α-hetero) is 1. The van der Waals surface area contributed by atoms with E-state index >= 15 is 0 Å². The third-order valence-electron chi connectivity index (χ3n) is 3.05. The molecule has 2 rings (SSSR count). The Morgan fingerprint density at radius 3 is 2.00 bits per heavy atom. The SMILES string of the molecule is C#CN(C#C)c1ccc(N2CCC(=O)CC2)cc1.CC. The average molecular weight is 268 g/mol. The zero-order valence-corrected chi connectivity index (χ0v) is 12.1. The van der Waals surface area contributed by atoms with Gasteiger partial charge in [-0.05, 0) is 24.3 Å². The van der Waals surface area contributed by atoms with Gasteiger partial charge in [-0.1, -0.05) is 26.7 Å². The van der Waals surface area contributed by atoms with E-state index in [4.69, 9.17) is 12.8 Å². The third-order valence-corrected chi connectivity index (χ3v) is 3.05. The highest BCUT2D eigenvalue weighted by Gasteiger charge is 2.16. The lowest BCUT2D eigenvalue weighted by Gasteiger charge is -2.28. The summed E-state index contributed by atoms with van der Waals surface area (Å²) in [6, 6.07) is 12.6. The molecular weight excluding hydrogens is 248 g/mol. The van der Waals surface area contributed by atoms with Gasteiger partial charge in [0.25, 0.3) is 0 Å². The number of piperidine rings is 1. The van der Waals surface area contributed by atoms with Gasteiger partial charge in [0, 0.05) is 43.7 Å². The van der Waals surface area contributed by atoms with Gasteiger partial charge in [0.05, 0.1) is 5.69 Å². The summed E-state index contributed by atoms with van der Waals surface area (Å²) in [5, 5.41) is 0. The van der Waals surface area contributed by atoms with Crippen LogP contribution in [0.4, 0.5) is 11.4 Å². The minimum absolute atomic E-state index is 0.341. The molecule has 0 radical (unpaired) electrons. The molecule has 1 aromatic carbocycles. The van der Waals surface area contributed by atoms with Crippen molar-refractivity contribution in [3.05, 3.63) is 24.3 Å². The predicted molar refractivity (Wildman–Crippen MR) is 84.4 cm³/mol. The second-order valence-electron chi connectivity index (χ2n) is 4.14. The highest BCUT2D eigenvalue weighted by atomic mass is 16.1. The molecule has 20 heavy (non-hydrogen) atoms. The van der Waals surface area contributed by atoms with Crippen LogP contribution in [0.25, 0.3) is 0 Å². The molecule has 1 fully saturated rings. The van der Waals surface area contributed by atoms with Crippen molar-refractivity contribution in [2.45, 2.75) is 26.7 Å². The molecule has 1 heterocycles. The summed E-state index contributed by atoms with van der Waals surface area (Å²) in [6.45, 7) is 5.57. The van der Waals surface area contributed by atoms with E-state index in [1.54, 1.807) is 0 Å². The molecule has 0 aliphatic carbocycles. The lowest BCUT2D eigenvalue weighted by Crippen LogP contribution is -2.33. The highest BCUT2D eigenvalue weighted by Crippen LogP contribution is 2.22. The molecule has 1 aliphatic rings. The van der Waals surface area contributed by atoms with Crippen LogP contribution < -0.4 is 9.80 Å². The number of carbonyl (C=O) groups is 1. The zero-order valence-electron chi connectivity index (χ0n) is 12.1. The molecule has 0 saturated carbocycles. The van der Waals surface area contributed by atoms with Crippen molar-refractivity contribution in [1.82, 2.24) is 0 Å². The van der Waals surface area contributed by atoms with Crippen molar-refractivity contribution in [3.8, 4) is 24.9 Å². The van der Waals surface area contributed by atoms with Crippen molar-refractivity contribution in [3.63, 3.8) is 0 Å². The van der Waals surface area contributed by atoms with Gasteiger partial charge in [-0.15, -0.1) is 0 Å². The van der Waals surface area contributed by atoms with E-state index in [1.807, 2.05) is 38.1 Å². The minimum atomic E-state index is 0.341. The van der Waals surface area contributed by atoms with E-state index in [2.05, 4.69) is 17.0 Å². The number of benzene rings is 1. The number of hydrogen-bond donors (Lipinski definition) is 0. The summed E-state index contributed by atoms with van der Waals surface area (Å²) >= 11 is 0. The first-order valence-electron chi connectivity index (χ1n) is 6.84. The van der Waals surface area contributed by atoms with Crippen molar-refractivity contribution < 1.29 is 4.79 Å². The topological polar surface area (TPSA) is 23.6 Å². The number of rotatable bonds is 2. The molecular formula is C17H20N2O. The summed E-state index contributed by atoms with van der Waals surface area (Å²) < 4.78 is 0. The summed E-state index contributed by atoms with van der Waals surface area (Å²) in [5.74, 6) is 0.341. The van der Waals surface area contributed by atoms with Crippen molar-refractivity contribution in [2.75, 3.05) is 22.9 Å². The lowest BCUT2D eigenvalue weighted by atomic mass is 10.1. The van der Waals surface area contributed by atoms with E-state index in [1.165, 1.54) is 4.90 Å². The molecule has 0 N–H and O–H groups in total. The Balaban J connectivity index is 0.000000956. The van der Waals surface area contributed by atoms with E-state index in [-0.39, 0.29) is 0 Å². The Hall–Kier alpha value is -2.39. The number of nitrogens with zero attached hydrogens (tertiary/aromatic N) is 2. The first kappa shape index (κ1) is 15.7. The Kier molecular flexibility index (Phi) is 6.20. The molecule has 104 valence electrons. The summed E-state index contributed by atoms with van der Waals surface area (Å²) in [5.41, 5.74) is 1.90. The van der Waals surface area contributed by atoms with Crippen LogP contribution in [0.15, 0.2) is 24.3 Å². The zero-order chi connectivity index (χ0) is 15.0. The van der Waals surface area contributed by atoms with Crippen LogP contribution in [0.5, 0.6) is 0 Å². The quantitative estimate of drug-likeness (QED) is 0.608. The van der Waals surface area contributed by atoms with Gasteiger partial charge in [0.1, 0.15) is 5.78 Å². The molecule has 0 amide bonds. The van der Waals surface area contributed by atoms with E-state index in [0.29, 0.717) is 18.6 Å². The number of hydrogen-bond acceptors (Lipinski definition) is 3. The molecule has 0 bridgehead atoms. The lowest BCUT2D eigenvalue weighted by molar-refractivity contribution is -0.119. The maximum absolute atomic E-state index is 11.2. The van der Waals surface area contributed by atoms with E-state index in [0.717, 1.165) is 24.5 Å². The third kappa shape index (κ3) is 3.80. The van der Waals surface area contributed by atoms with Crippen LogP contribution in [0.1, 0.15) is 26.7 Å². The molecule has 0 aromatic heterocycles. The van der Waals surface area contributed by atoms with Gasteiger partial charge in [-0.2, -0.15) is 0 Å². The Morgan fingerprint density at radius 2 is 1.55 bits per heavy atom. The predicted octanol–water partition coefficient (Wildman–Crippen LogP) is 2.87. The molecule has 1 aromatic rings. The number of terminal acetylenes is 2. The fourth-order valence-electron chi connectivity index (χ4n) is 2.01. The van der Waals surface area contributed by atoms with Gasteiger partial charge >= 0.3 is 0 Å². The second kappa shape index (κ2) is 7.92. The Morgan fingerprint density at radius 1 is 1.05 bits per heavy atom. The number of carbonyl (C=O) groups excluding carboxylic acids is 1. The van der Waals surface area contributed by atoms with Crippen LogP contribution in [-0.2, 0) is 4.79 Å². The Labute approximate surface area is 121 Å². The van der Waals surface area contributed by atoms with Crippen LogP contribution in [0, 0.1) is 24.9 Å². The monoisotopic (exact) mass is 268 g/mol. The molecule has 3 nitrogen and oxygen atoms in total. The fraction of sp³-hybridized carbons (Fsp3) is 0.353. The first-order chi connectivity index (χ1) is 9.74. The molecule has 1 aliphatic heterocycles. The van der Waals surface area contributed by atoms with Gasteiger partial charge < -0.3 is 4.90 Å². The van der Waals surface area contributed by atoms with Gasteiger partial charge in [-0.3, -0.25) is 4.79 Å².